The second kappa shape index (κ2) is 5.77. The number of rotatable bonds is 5. The molecule has 4 nitrogen and oxygen atoms in total. The molecule has 0 unspecified atom stereocenters. The fourth-order valence-corrected chi connectivity index (χ4v) is 1.66. The first kappa shape index (κ1) is 13.6. The van der Waals surface area contributed by atoms with E-state index in [9.17, 15) is 20.1 Å². The Morgan fingerprint density at radius 1 is 1.29 bits per heavy atom. The molecule has 1 rings (SSSR count). The Bertz CT molecular complexity index is 429. The highest BCUT2D eigenvalue weighted by Gasteiger charge is 2.18. The number of hydrogen-bond donors (Lipinski definition) is 3. The Morgan fingerprint density at radius 2 is 1.94 bits per heavy atom. The molecule has 5 heteroatoms. The maximum Gasteiger partial charge on any atom is 0.145 e. The van der Waals surface area contributed by atoms with Crippen molar-refractivity contribution in [3.8, 4) is 17.2 Å². The predicted molar refractivity (Wildman–Crippen MR) is 64.7 cm³/mol. The average Bonchev–Trinajstić information content (AvgIpc) is 2.29. The second-order valence-electron chi connectivity index (χ2n) is 3.87. The lowest BCUT2D eigenvalue weighted by Crippen LogP contribution is -2.03. The largest absolute Gasteiger partial charge is 0.507 e. The van der Waals surface area contributed by atoms with Crippen molar-refractivity contribution < 1.29 is 20.1 Å². The van der Waals surface area contributed by atoms with Gasteiger partial charge in [-0.25, -0.2) is 0 Å². The molecule has 0 radical (unpaired) electrons. The molecule has 0 heterocycles. The Hall–Kier alpha value is -1.42. The number of carbonyl (C=O) groups excluding carboxylic acids is 1. The topological polar surface area (TPSA) is 77.8 Å². The number of hydrogen-bond acceptors (Lipinski definition) is 4. The van der Waals surface area contributed by atoms with Crippen LogP contribution in [0, 0.1) is 0 Å². The van der Waals surface area contributed by atoms with Gasteiger partial charge >= 0.3 is 0 Å². The molecule has 0 atom stereocenters. The number of ketones is 1. The summed E-state index contributed by atoms with van der Waals surface area (Å²) in [5.74, 6) is -1.26. The molecule has 0 saturated heterocycles. The molecule has 0 saturated carbocycles. The van der Waals surface area contributed by atoms with Crippen molar-refractivity contribution in [2.45, 2.75) is 32.6 Å². The van der Waals surface area contributed by atoms with Gasteiger partial charge in [-0.2, -0.15) is 0 Å². The van der Waals surface area contributed by atoms with Crippen LogP contribution in [0.5, 0.6) is 17.2 Å². The van der Waals surface area contributed by atoms with Crippen LogP contribution in [0.1, 0.15) is 31.7 Å². The lowest BCUT2D eigenvalue weighted by Gasteiger charge is -2.09. The molecule has 1 aromatic rings. The molecule has 0 aliphatic carbocycles. The smallest absolute Gasteiger partial charge is 0.145 e. The maximum absolute atomic E-state index is 11.5. The molecule has 94 valence electrons. The van der Waals surface area contributed by atoms with E-state index in [1.807, 2.05) is 6.92 Å². The Kier molecular flexibility index (Phi) is 4.63. The number of phenols is 3. The van der Waals surface area contributed by atoms with Gasteiger partial charge in [0.25, 0.3) is 0 Å². The Labute approximate surface area is 104 Å². The Morgan fingerprint density at radius 3 is 2.53 bits per heavy atom. The van der Waals surface area contributed by atoms with Crippen LogP contribution in [0.2, 0.25) is 5.02 Å². The van der Waals surface area contributed by atoms with Gasteiger partial charge in [0, 0.05) is 24.5 Å². The Balaban J connectivity index is 2.91. The van der Waals surface area contributed by atoms with Crippen LogP contribution in [0.4, 0.5) is 0 Å². The summed E-state index contributed by atoms with van der Waals surface area (Å²) < 4.78 is 0. The van der Waals surface area contributed by atoms with E-state index >= 15 is 0 Å². The first-order valence-electron chi connectivity index (χ1n) is 5.41. The van der Waals surface area contributed by atoms with E-state index in [0.29, 0.717) is 6.42 Å². The summed E-state index contributed by atoms with van der Waals surface area (Å²) in [6.07, 6.45) is 1.98. The van der Waals surface area contributed by atoms with Crippen LogP contribution in [-0.4, -0.2) is 21.1 Å². The highest BCUT2D eigenvalue weighted by molar-refractivity contribution is 6.33. The van der Waals surface area contributed by atoms with Gasteiger partial charge in [0.05, 0.1) is 0 Å². The average molecular weight is 259 g/mol. The van der Waals surface area contributed by atoms with E-state index in [-0.39, 0.29) is 28.5 Å². The number of phenolic OH excluding ortho intramolecular Hbond substituents is 3. The second-order valence-corrected chi connectivity index (χ2v) is 4.25. The summed E-state index contributed by atoms with van der Waals surface area (Å²) in [5.41, 5.74) is 0.0638. The minimum atomic E-state index is -0.436. The van der Waals surface area contributed by atoms with E-state index in [1.165, 1.54) is 0 Å². The normalized spacial score (nSPS) is 10.5. The molecule has 0 aliphatic rings. The molecule has 0 amide bonds. The molecular weight excluding hydrogens is 244 g/mol. The van der Waals surface area contributed by atoms with E-state index in [2.05, 4.69) is 0 Å². The molecule has 0 bridgehead atoms. The van der Waals surface area contributed by atoms with Crippen LogP contribution in [-0.2, 0) is 11.2 Å². The zero-order chi connectivity index (χ0) is 13.0. The minimum absolute atomic E-state index is 0.0638. The molecule has 0 aliphatic heterocycles. The third-order valence-electron chi connectivity index (χ3n) is 2.48. The van der Waals surface area contributed by atoms with Gasteiger partial charge in [-0.05, 0) is 6.42 Å². The summed E-state index contributed by atoms with van der Waals surface area (Å²) in [4.78, 5) is 11.5. The summed E-state index contributed by atoms with van der Waals surface area (Å²) in [6.45, 7) is 1.97. The third-order valence-corrected chi connectivity index (χ3v) is 2.86. The highest BCUT2D eigenvalue weighted by atomic mass is 35.5. The first-order chi connectivity index (χ1) is 7.97. The number of unbranched alkanes of at least 4 members (excludes halogenated alkanes) is 1. The zero-order valence-corrected chi connectivity index (χ0v) is 10.3. The number of Topliss-reactive ketones (excluding diaryl/α,β-unsaturated/α-hetero) is 1. The van der Waals surface area contributed by atoms with Crippen molar-refractivity contribution in [3.63, 3.8) is 0 Å². The summed E-state index contributed by atoms with van der Waals surface area (Å²) in [7, 11) is 0. The van der Waals surface area contributed by atoms with E-state index < -0.39 is 11.5 Å². The van der Waals surface area contributed by atoms with Crippen LogP contribution < -0.4 is 0 Å². The van der Waals surface area contributed by atoms with E-state index in [0.717, 1.165) is 18.9 Å². The fraction of sp³-hybridized carbons (Fsp3) is 0.417. The van der Waals surface area contributed by atoms with Gasteiger partial charge in [-0.15, -0.1) is 0 Å². The van der Waals surface area contributed by atoms with Crippen LogP contribution in [0.25, 0.3) is 0 Å². The summed E-state index contributed by atoms with van der Waals surface area (Å²) >= 11 is 5.62. The number of halogens is 1. The minimum Gasteiger partial charge on any atom is -0.507 e. The van der Waals surface area contributed by atoms with Gasteiger partial charge in [0.1, 0.15) is 28.1 Å². The number of carbonyl (C=O) groups is 1. The standard InChI is InChI=1S/C12H15ClO4/c1-2-3-4-7(14)5-8-9(15)6-10(16)11(13)12(8)17/h6,15-17H,2-5H2,1H3. The van der Waals surface area contributed by atoms with E-state index in [1.54, 1.807) is 0 Å². The number of aromatic hydroxyl groups is 3. The maximum atomic E-state index is 11.5. The molecule has 3 N–H and O–H groups in total. The van der Waals surface area contributed by atoms with Crippen molar-refractivity contribution in [2.24, 2.45) is 0 Å². The number of benzene rings is 1. The van der Waals surface area contributed by atoms with Crippen molar-refractivity contribution in [1.29, 1.82) is 0 Å². The molecule has 1 aromatic carbocycles. The van der Waals surface area contributed by atoms with Gasteiger partial charge in [-0.1, -0.05) is 24.9 Å². The molecule has 0 spiro atoms. The highest BCUT2D eigenvalue weighted by Crippen LogP contribution is 2.41. The van der Waals surface area contributed by atoms with Crippen molar-refractivity contribution in [3.05, 3.63) is 16.7 Å². The van der Waals surface area contributed by atoms with Crippen molar-refractivity contribution >= 4 is 17.4 Å². The quantitative estimate of drug-likeness (QED) is 0.759. The molecule has 0 fully saturated rings. The van der Waals surface area contributed by atoms with Crippen LogP contribution in [0.3, 0.4) is 0 Å². The SMILES string of the molecule is CCCCC(=O)Cc1c(O)cc(O)c(Cl)c1O. The van der Waals surface area contributed by atoms with Gasteiger partial charge in [-0.3, -0.25) is 4.79 Å². The lowest BCUT2D eigenvalue weighted by molar-refractivity contribution is -0.118. The zero-order valence-electron chi connectivity index (χ0n) is 9.53. The van der Waals surface area contributed by atoms with E-state index in [4.69, 9.17) is 11.6 Å². The van der Waals surface area contributed by atoms with Crippen LogP contribution in [0.15, 0.2) is 6.07 Å². The molecule has 0 aromatic heterocycles. The third kappa shape index (κ3) is 3.27. The summed E-state index contributed by atoms with van der Waals surface area (Å²) in [6, 6.07) is 1.02. The fourth-order valence-electron chi connectivity index (χ4n) is 1.49. The van der Waals surface area contributed by atoms with Gasteiger partial charge in [0.15, 0.2) is 0 Å². The van der Waals surface area contributed by atoms with Gasteiger partial charge in [0.2, 0.25) is 0 Å². The lowest BCUT2D eigenvalue weighted by atomic mass is 10.0. The monoisotopic (exact) mass is 258 g/mol. The van der Waals surface area contributed by atoms with Crippen LogP contribution >= 0.6 is 11.6 Å². The molecular formula is C12H15ClO4. The first-order valence-corrected chi connectivity index (χ1v) is 5.79. The van der Waals surface area contributed by atoms with Crippen molar-refractivity contribution in [1.82, 2.24) is 0 Å². The molecule has 17 heavy (non-hydrogen) atoms. The predicted octanol–water partition coefficient (Wildman–Crippen LogP) is 2.76. The van der Waals surface area contributed by atoms with Gasteiger partial charge < -0.3 is 15.3 Å². The summed E-state index contributed by atoms with van der Waals surface area (Å²) in [5, 5.41) is 28.2. The van der Waals surface area contributed by atoms with Crippen molar-refractivity contribution in [2.75, 3.05) is 0 Å².